The van der Waals surface area contributed by atoms with E-state index < -0.39 is 11.6 Å². The zero-order valence-electron chi connectivity index (χ0n) is 23.3. The Labute approximate surface area is 231 Å². The molecule has 0 bridgehead atoms. The van der Waals surface area contributed by atoms with Crippen LogP contribution in [0.4, 0.5) is 13.2 Å². The number of halogens is 3. The van der Waals surface area contributed by atoms with Crippen molar-refractivity contribution in [3.8, 4) is 16.9 Å². The zero-order valence-corrected chi connectivity index (χ0v) is 23.3. The van der Waals surface area contributed by atoms with Gasteiger partial charge >= 0.3 is 0 Å². The van der Waals surface area contributed by atoms with Crippen LogP contribution in [-0.2, 0) is 11.3 Å². The molecule has 0 aliphatic heterocycles. The predicted molar refractivity (Wildman–Crippen MR) is 152 cm³/mol. The van der Waals surface area contributed by atoms with E-state index in [1.165, 1.54) is 31.7 Å². The molecule has 1 aliphatic rings. The van der Waals surface area contributed by atoms with Crippen molar-refractivity contribution in [3.63, 3.8) is 0 Å². The van der Waals surface area contributed by atoms with Crippen molar-refractivity contribution in [1.29, 1.82) is 0 Å². The Balaban J connectivity index is 1.23. The molecule has 39 heavy (non-hydrogen) atoms. The zero-order chi connectivity index (χ0) is 27.6. The summed E-state index contributed by atoms with van der Waals surface area (Å²) in [5, 5.41) is 0. The van der Waals surface area contributed by atoms with Crippen molar-refractivity contribution in [1.82, 2.24) is 0 Å². The summed E-state index contributed by atoms with van der Waals surface area (Å²) in [6.07, 6.45) is 9.95. The molecule has 0 atom stereocenters. The van der Waals surface area contributed by atoms with Crippen molar-refractivity contribution in [2.24, 2.45) is 0 Å². The van der Waals surface area contributed by atoms with Crippen LogP contribution in [0.3, 0.4) is 0 Å². The summed E-state index contributed by atoms with van der Waals surface area (Å²) in [6, 6.07) is 15.8. The number of aryl methyl sites for hydroxylation is 1. The molecule has 1 fully saturated rings. The molecule has 2 nitrogen and oxygen atoms in total. The molecule has 0 amide bonds. The van der Waals surface area contributed by atoms with Crippen LogP contribution in [0, 0.1) is 24.4 Å². The van der Waals surface area contributed by atoms with Crippen LogP contribution in [0.2, 0.25) is 0 Å². The average Bonchev–Trinajstić information content (AvgIpc) is 2.94. The van der Waals surface area contributed by atoms with Crippen LogP contribution < -0.4 is 4.74 Å². The highest BCUT2D eigenvalue weighted by Crippen LogP contribution is 2.38. The summed E-state index contributed by atoms with van der Waals surface area (Å²) in [6.45, 7) is 4.95. The van der Waals surface area contributed by atoms with Gasteiger partial charge in [0.25, 0.3) is 0 Å². The quantitative estimate of drug-likeness (QED) is 0.202. The van der Waals surface area contributed by atoms with Gasteiger partial charge in [-0.05, 0) is 62.1 Å². The number of unbranched alkanes of at least 4 members (excludes halogenated alkanes) is 5. The Morgan fingerprint density at radius 3 is 2.21 bits per heavy atom. The fraction of sp³-hybridized carbons (Fsp3) is 0.471. The molecule has 3 aromatic carbocycles. The van der Waals surface area contributed by atoms with Crippen molar-refractivity contribution >= 4 is 0 Å². The van der Waals surface area contributed by atoms with Gasteiger partial charge in [-0.3, -0.25) is 0 Å². The average molecular weight is 539 g/mol. The van der Waals surface area contributed by atoms with Crippen molar-refractivity contribution < 1.29 is 22.6 Å². The standard InChI is InChI=1S/C34H41F3O2/c1-3-4-5-6-7-8-21-38-29-18-15-27(32(35)22-29)23-39-28-16-13-26(14-17-28)31-20-19-30(33(36)34(31)37)25-11-9-24(2)10-12-25/h9-12,15,18-20,22,26,28H,3-8,13-14,16-17,21,23H2,1-2H3. The minimum atomic E-state index is -0.787. The van der Waals surface area contributed by atoms with Gasteiger partial charge in [-0.2, -0.15) is 0 Å². The Hall–Kier alpha value is -2.79. The number of hydrogen-bond acceptors (Lipinski definition) is 2. The fourth-order valence-electron chi connectivity index (χ4n) is 5.39. The van der Waals surface area contributed by atoms with E-state index in [1.807, 2.05) is 31.2 Å². The van der Waals surface area contributed by atoms with Crippen LogP contribution in [-0.4, -0.2) is 12.7 Å². The van der Waals surface area contributed by atoms with Gasteiger partial charge < -0.3 is 9.47 Å². The van der Waals surface area contributed by atoms with Gasteiger partial charge in [0.2, 0.25) is 0 Å². The van der Waals surface area contributed by atoms with Crippen LogP contribution >= 0.6 is 0 Å². The van der Waals surface area contributed by atoms with Gasteiger partial charge in [0.15, 0.2) is 11.6 Å². The Morgan fingerprint density at radius 1 is 0.769 bits per heavy atom. The van der Waals surface area contributed by atoms with Gasteiger partial charge in [0, 0.05) is 17.2 Å². The molecule has 4 rings (SSSR count). The summed E-state index contributed by atoms with van der Waals surface area (Å²) < 4.78 is 56.4. The molecule has 0 N–H and O–H groups in total. The molecule has 0 aromatic heterocycles. The minimum Gasteiger partial charge on any atom is -0.493 e. The minimum absolute atomic E-state index is 0.0241. The lowest BCUT2D eigenvalue weighted by molar-refractivity contribution is 0.0118. The van der Waals surface area contributed by atoms with Gasteiger partial charge in [-0.1, -0.05) is 87.1 Å². The third kappa shape index (κ3) is 8.11. The van der Waals surface area contributed by atoms with E-state index in [4.69, 9.17) is 9.47 Å². The van der Waals surface area contributed by atoms with E-state index in [2.05, 4.69) is 6.92 Å². The predicted octanol–water partition coefficient (Wildman–Crippen LogP) is 10.1. The summed E-state index contributed by atoms with van der Waals surface area (Å²) in [7, 11) is 0. The lowest BCUT2D eigenvalue weighted by Crippen LogP contribution is -2.21. The molecule has 0 unspecified atom stereocenters. The molecule has 1 saturated carbocycles. The smallest absolute Gasteiger partial charge is 0.166 e. The van der Waals surface area contributed by atoms with E-state index in [1.54, 1.807) is 24.3 Å². The second kappa shape index (κ2) is 14.6. The molecule has 3 aromatic rings. The maximum Gasteiger partial charge on any atom is 0.166 e. The number of ether oxygens (including phenoxy) is 2. The SMILES string of the molecule is CCCCCCCCOc1ccc(COC2CCC(c3ccc(-c4ccc(C)cc4)c(F)c3F)CC2)c(F)c1. The summed E-state index contributed by atoms with van der Waals surface area (Å²) in [4.78, 5) is 0. The Morgan fingerprint density at radius 2 is 1.49 bits per heavy atom. The van der Waals surface area contributed by atoms with Gasteiger partial charge in [-0.15, -0.1) is 0 Å². The number of benzene rings is 3. The van der Waals surface area contributed by atoms with Crippen LogP contribution in [0.15, 0.2) is 54.6 Å². The Bertz CT molecular complexity index is 1180. The third-order valence-corrected chi connectivity index (χ3v) is 7.85. The summed E-state index contributed by atoms with van der Waals surface area (Å²) in [5.74, 6) is -1.36. The largest absolute Gasteiger partial charge is 0.493 e. The maximum atomic E-state index is 15.1. The highest BCUT2D eigenvalue weighted by Gasteiger charge is 2.27. The van der Waals surface area contributed by atoms with E-state index in [0.717, 1.165) is 31.2 Å². The highest BCUT2D eigenvalue weighted by atomic mass is 19.2. The molecule has 0 spiro atoms. The van der Waals surface area contributed by atoms with Crippen LogP contribution in [0.5, 0.6) is 5.75 Å². The Kier molecular flexibility index (Phi) is 10.9. The lowest BCUT2D eigenvalue weighted by Gasteiger charge is -2.29. The first kappa shape index (κ1) is 29.2. The third-order valence-electron chi connectivity index (χ3n) is 7.85. The second-order valence-corrected chi connectivity index (χ2v) is 10.9. The monoisotopic (exact) mass is 538 g/mol. The van der Waals surface area contributed by atoms with Gasteiger partial charge in [-0.25, -0.2) is 13.2 Å². The van der Waals surface area contributed by atoms with E-state index in [-0.39, 0.29) is 30.0 Å². The molecular formula is C34H41F3O2. The fourth-order valence-corrected chi connectivity index (χ4v) is 5.39. The van der Waals surface area contributed by atoms with Crippen molar-refractivity contribution in [2.75, 3.05) is 6.61 Å². The number of rotatable bonds is 13. The molecule has 1 aliphatic carbocycles. The second-order valence-electron chi connectivity index (χ2n) is 10.9. The maximum absolute atomic E-state index is 15.1. The first-order valence-corrected chi connectivity index (χ1v) is 14.5. The van der Waals surface area contributed by atoms with Gasteiger partial charge in [0.1, 0.15) is 11.6 Å². The first-order valence-electron chi connectivity index (χ1n) is 14.5. The van der Waals surface area contributed by atoms with Crippen LogP contribution in [0.25, 0.3) is 11.1 Å². The van der Waals surface area contributed by atoms with E-state index in [0.29, 0.717) is 41.9 Å². The number of hydrogen-bond donors (Lipinski definition) is 0. The molecule has 0 radical (unpaired) electrons. The van der Waals surface area contributed by atoms with Crippen molar-refractivity contribution in [3.05, 3.63) is 88.7 Å². The van der Waals surface area contributed by atoms with Crippen LogP contribution in [0.1, 0.15) is 93.7 Å². The van der Waals surface area contributed by atoms with Crippen molar-refractivity contribution in [2.45, 2.75) is 96.7 Å². The molecular weight excluding hydrogens is 497 g/mol. The van der Waals surface area contributed by atoms with Gasteiger partial charge in [0.05, 0.1) is 19.3 Å². The molecule has 0 heterocycles. The molecule has 0 saturated heterocycles. The molecule has 210 valence electrons. The summed E-state index contributed by atoms with van der Waals surface area (Å²) >= 11 is 0. The normalized spacial score (nSPS) is 17.4. The highest BCUT2D eigenvalue weighted by molar-refractivity contribution is 5.65. The first-order chi connectivity index (χ1) is 19.0. The van der Waals surface area contributed by atoms with E-state index >= 15 is 4.39 Å². The topological polar surface area (TPSA) is 18.5 Å². The molecule has 5 heteroatoms. The summed E-state index contributed by atoms with van der Waals surface area (Å²) in [5.41, 5.74) is 2.97. The van der Waals surface area contributed by atoms with E-state index in [9.17, 15) is 8.78 Å². The lowest BCUT2D eigenvalue weighted by atomic mass is 9.82.